The lowest BCUT2D eigenvalue weighted by Gasteiger charge is -2.19. The summed E-state index contributed by atoms with van der Waals surface area (Å²) in [5.74, 6) is -1.29. The number of amides is 2. The summed E-state index contributed by atoms with van der Waals surface area (Å²) in [7, 11) is 0. The van der Waals surface area contributed by atoms with Gasteiger partial charge in [-0.2, -0.15) is 0 Å². The molecule has 1 fully saturated rings. The first-order valence-corrected chi connectivity index (χ1v) is 10.6. The van der Waals surface area contributed by atoms with Gasteiger partial charge >= 0.3 is 5.97 Å². The van der Waals surface area contributed by atoms with Crippen LogP contribution in [-0.2, 0) is 14.3 Å². The van der Waals surface area contributed by atoms with Crippen molar-refractivity contribution in [2.24, 2.45) is 0 Å². The van der Waals surface area contributed by atoms with Crippen LogP contribution < -0.4 is 10.6 Å². The number of benzene rings is 1. The topological polar surface area (TPSA) is 108 Å². The number of anilines is 1. The van der Waals surface area contributed by atoms with Crippen LogP contribution in [0.3, 0.4) is 0 Å². The Hall–Kier alpha value is -2.65. The zero-order chi connectivity index (χ0) is 21.2. The number of thioether (sulfide) groups is 1. The highest BCUT2D eigenvalue weighted by atomic mass is 32.2. The maximum atomic E-state index is 12.7. The molecule has 1 unspecified atom stereocenters. The SMILES string of the molecule is CC(C)(C)OC(=O)c1cc(-c2ccccc2)sc1NC(=O)CC1SC(=N)NC1=O. The minimum atomic E-state index is -0.674. The smallest absolute Gasteiger partial charge is 0.341 e. The van der Waals surface area contributed by atoms with Gasteiger partial charge in [-0.05, 0) is 32.4 Å². The number of esters is 1. The monoisotopic (exact) mass is 431 g/mol. The van der Waals surface area contributed by atoms with Crippen molar-refractivity contribution in [3.63, 3.8) is 0 Å². The number of hydrogen-bond acceptors (Lipinski definition) is 7. The Balaban J connectivity index is 1.84. The Kier molecular flexibility index (Phi) is 6.09. The molecule has 1 aliphatic rings. The molecule has 9 heteroatoms. The lowest BCUT2D eigenvalue weighted by molar-refractivity contribution is -0.122. The molecule has 152 valence electrons. The first-order chi connectivity index (χ1) is 13.6. The van der Waals surface area contributed by atoms with Crippen LogP contribution in [0.15, 0.2) is 36.4 Å². The number of carbonyl (C=O) groups is 3. The summed E-state index contributed by atoms with van der Waals surface area (Å²) in [6.45, 7) is 5.33. The fourth-order valence-electron chi connectivity index (χ4n) is 2.61. The third kappa shape index (κ3) is 5.45. The van der Waals surface area contributed by atoms with Gasteiger partial charge < -0.3 is 15.4 Å². The van der Waals surface area contributed by atoms with E-state index in [2.05, 4.69) is 10.6 Å². The maximum absolute atomic E-state index is 12.7. The van der Waals surface area contributed by atoms with E-state index in [0.717, 1.165) is 22.2 Å². The normalized spacial score (nSPS) is 16.4. The summed E-state index contributed by atoms with van der Waals surface area (Å²) in [5.41, 5.74) is 0.516. The van der Waals surface area contributed by atoms with Crippen molar-refractivity contribution < 1.29 is 19.1 Å². The summed E-state index contributed by atoms with van der Waals surface area (Å²) < 4.78 is 5.48. The van der Waals surface area contributed by atoms with Gasteiger partial charge in [0.1, 0.15) is 15.9 Å². The first-order valence-electron chi connectivity index (χ1n) is 8.91. The molecule has 0 radical (unpaired) electrons. The average Bonchev–Trinajstić information content (AvgIpc) is 3.17. The molecular formula is C20H21N3O4S2. The minimum absolute atomic E-state index is 0.0322. The second-order valence-electron chi connectivity index (χ2n) is 7.40. The molecule has 7 nitrogen and oxygen atoms in total. The fourth-order valence-corrected chi connectivity index (χ4v) is 4.52. The number of rotatable bonds is 5. The Morgan fingerprint density at radius 3 is 2.52 bits per heavy atom. The Morgan fingerprint density at radius 2 is 1.93 bits per heavy atom. The van der Waals surface area contributed by atoms with Crippen LogP contribution in [0, 0.1) is 5.41 Å². The molecule has 1 aromatic heterocycles. The van der Waals surface area contributed by atoms with Crippen molar-refractivity contribution in [3.8, 4) is 10.4 Å². The molecule has 3 rings (SSSR count). The second kappa shape index (κ2) is 8.38. The van der Waals surface area contributed by atoms with Gasteiger partial charge in [-0.15, -0.1) is 11.3 Å². The van der Waals surface area contributed by atoms with Gasteiger partial charge in [0.15, 0.2) is 5.17 Å². The van der Waals surface area contributed by atoms with E-state index in [9.17, 15) is 14.4 Å². The van der Waals surface area contributed by atoms with E-state index in [1.54, 1.807) is 26.8 Å². The molecule has 0 saturated carbocycles. The lowest BCUT2D eigenvalue weighted by atomic mass is 10.1. The van der Waals surface area contributed by atoms with Crippen LogP contribution in [0.2, 0.25) is 0 Å². The summed E-state index contributed by atoms with van der Waals surface area (Å²) in [4.78, 5) is 37.8. The Labute approximate surface area is 176 Å². The third-order valence-corrected chi connectivity index (χ3v) is 5.92. The largest absolute Gasteiger partial charge is 0.456 e. The van der Waals surface area contributed by atoms with Gasteiger partial charge in [0.2, 0.25) is 11.8 Å². The van der Waals surface area contributed by atoms with Gasteiger partial charge in [0.05, 0.1) is 5.56 Å². The van der Waals surface area contributed by atoms with Crippen LogP contribution in [0.4, 0.5) is 5.00 Å². The predicted octanol–water partition coefficient (Wildman–Crippen LogP) is 3.87. The van der Waals surface area contributed by atoms with E-state index in [-0.39, 0.29) is 23.1 Å². The van der Waals surface area contributed by atoms with Crippen molar-refractivity contribution in [3.05, 3.63) is 42.0 Å². The molecule has 1 saturated heterocycles. The molecule has 1 aromatic carbocycles. The van der Waals surface area contributed by atoms with Crippen LogP contribution in [0.5, 0.6) is 0 Å². The van der Waals surface area contributed by atoms with Crippen LogP contribution in [0.1, 0.15) is 37.6 Å². The molecule has 3 N–H and O–H groups in total. The molecular weight excluding hydrogens is 410 g/mol. The Morgan fingerprint density at radius 1 is 1.24 bits per heavy atom. The molecule has 29 heavy (non-hydrogen) atoms. The average molecular weight is 432 g/mol. The molecule has 2 amide bonds. The zero-order valence-electron chi connectivity index (χ0n) is 16.2. The molecule has 0 spiro atoms. The molecule has 0 bridgehead atoms. The molecule has 0 aliphatic carbocycles. The maximum Gasteiger partial charge on any atom is 0.341 e. The number of amidine groups is 1. The van der Waals surface area contributed by atoms with E-state index in [0.29, 0.717) is 5.00 Å². The number of nitrogens with one attached hydrogen (secondary N) is 3. The highest BCUT2D eigenvalue weighted by Crippen LogP contribution is 2.36. The van der Waals surface area contributed by atoms with Crippen molar-refractivity contribution in [2.75, 3.05) is 5.32 Å². The Bertz CT molecular complexity index is 964. The third-order valence-electron chi connectivity index (χ3n) is 3.82. The van der Waals surface area contributed by atoms with Crippen molar-refractivity contribution in [2.45, 2.75) is 38.0 Å². The lowest BCUT2D eigenvalue weighted by Crippen LogP contribution is -2.28. The highest BCUT2D eigenvalue weighted by Gasteiger charge is 2.32. The van der Waals surface area contributed by atoms with Gasteiger partial charge in [0.25, 0.3) is 0 Å². The van der Waals surface area contributed by atoms with E-state index < -0.39 is 22.7 Å². The van der Waals surface area contributed by atoms with Crippen LogP contribution in [0.25, 0.3) is 10.4 Å². The van der Waals surface area contributed by atoms with Crippen LogP contribution >= 0.6 is 23.1 Å². The molecule has 1 aliphatic heterocycles. The number of ether oxygens (including phenoxy) is 1. The van der Waals surface area contributed by atoms with Gasteiger partial charge in [-0.1, -0.05) is 42.1 Å². The van der Waals surface area contributed by atoms with Crippen molar-refractivity contribution in [1.29, 1.82) is 5.41 Å². The van der Waals surface area contributed by atoms with Crippen molar-refractivity contribution >= 4 is 51.1 Å². The number of thiophene rings is 1. The standard InChI is InChI=1S/C20H21N3O4S2/c1-20(2,3)27-18(26)12-9-13(11-7-5-4-6-8-11)28-17(12)22-15(24)10-14-16(25)23-19(21)29-14/h4-9,14H,10H2,1-3H3,(H,22,24)(H2,21,23,25). The quantitative estimate of drug-likeness (QED) is 0.623. The molecule has 2 heterocycles. The van der Waals surface area contributed by atoms with Crippen LogP contribution in [-0.4, -0.2) is 33.8 Å². The van der Waals surface area contributed by atoms with E-state index >= 15 is 0 Å². The number of hydrogen-bond donors (Lipinski definition) is 3. The minimum Gasteiger partial charge on any atom is -0.456 e. The van der Waals surface area contributed by atoms with Gasteiger partial charge in [0, 0.05) is 11.3 Å². The summed E-state index contributed by atoms with van der Waals surface area (Å²) in [6, 6.07) is 11.2. The van der Waals surface area contributed by atoms with E-state index in [1.165, 1.54) is 11.3 Å². The predicted molar refractivity (Wildman–Crippen MR) is 115 cm³/mol. The summed E-state index contributed by atoms with van der Waals surface area (Å²) in [5, 5.41) is 12.4. The molecule has 2 aromatic rings. The summed E-state index contributed by atoms with van der Waals surface area (Å²) in [6.07, 6.45) is -0.0921. The fraction of sp³-hybridized carbons (Fsp3) is 0.300. The number of carbonyl (C=O) groups excluding carboxylic acids is 3. The van der Waals surface area contributed by atoms with Gasteiger partial charge in [-0.25, -0.2) is 4.79 Å². The summed E-state index contributed by atoms with van der Waals surface area (Å²) >= 11 is 2.28. The van der Waals surface area contributed by atoms with Crippen molar-refractivity contribution in [1.82, 2.24) is 5.32 Å². The van der Waals surface area contributed by atoms with E-state index in [1.807, 2.05) is 30.3 Å². The molecule has 1 atom stereocenters. The first kappa shape index (κ1) is 21.1. The zero-order valence-corrected chi connectivity index (χ0v) is 17.8. The van der Waals surface area contributed by atoms with E-state index in [4.69, 9.17) is 10.1 Å². The van der Waals surface area contributed by atoms with Gasteiger partial charge in [-0.3, -0.25) is 15.0 Å². The highest BCUT2D eigenvalue weighted by molar-refractivity contribution is 8.15. The second-order valence-corrected chi connectivity index (χ2v) is 9.66.